The minimum absolute atomic E-state index is 0.124. The zero-order valence-corrected chi connectivity index (χ0v) is 12.5. The van der Waals surface area contributed by atoms with E-state index in [1.807, 2.05) is 36.4 Å². The molecular weight excluding hydrogens is 302 g/mol. The molecule has 0 aliphatic rings. The standard InChI is InChI=1S/C14H15N5O2S/c15-10-13-14(17-7-6-16-13)18-8-9-22(20,21)19-11-12-4-2-1-3-5-12/h1-7,19H,8-9,11H2,(H,17,18). The molecule has 1 heterocycles. The van der Waals surface area contributed by atoms with Gasteiger partial charge in [-0.15, -0.1) is 0 Å². The highest BCUT2D eigenvalue weighted by atomic mass is 32.2. The molecule has 114 valence electrons. The van der Waals surface area contributed by atoms with E-state index in [9.17, 15) is 8.42 Å². The van der Waals surface area contributed by atoms with Crippen molar-refractivity contribution in [3.05, 3.63) is 54.0 Å². The number of anilines is 1. The molecule has 0 atom stereocenters. The predicted octanol–water partition coefficient (Wildman–Crippen LogP) is 0.880. The molecular formula is C14H15N5O2S. The van der Waals surface area contributed by atoms with Gasteiger partial charge >= 0.3 is 0 Å². The Hall–Kier alpha value is -2.50. The number of nitrogens with zero attached hydrogens (tertiary/aromatic N) is 3. The Morgan fingerprint density at radius 1 is 1.14 bits per heavy atom. The average Bonchev–Trinajstić information content (AvgIpc) is 2.54. The summed E-state index contributed by atoms with van der Waals surface area (Å²) in [6.45, 7) is 0.384. The van der Waals surface area contributed by atoms with Crippen LogP contribution in [-0.4, -0.2) is 30.7 Å². The van der Waals surface area contributed by atoms with E-state index in [-0.39, 0.29) is 30.4 Å². The van der Waals surface area contributed by atoms with E-state index in [0.29, 0.717) is 0 Å². The van der Waals surface area contributed by atoms with Gasteiger partial charge in [0, 0.05) is 25.5 Å². The lowest BCUT2D eigenvalue weighted by molar-refractivity contribution is 0.581. The Morgan fingerprint density at radius 2 is 1.86 bits per heavy atom. The third-order valence-corrected chi connectivity index (χ3v) is 4.13. The normalized spacial score (nSPS) is 10.9. The molecule has 7 nitrogen and oxygen atoms in total. The Morgan fingerprint density at radius 3 is 2.59 bits per heavy atom. The summed E-state index contributed by atoms with van der Waals surface area (Å²) in [7, 11) is -3.41. The lowest BCUT2D eigenvalue weighted by Gasteiger charge is -2.08. The highest BCUT2D eigenvalue weighted by molar-refractivity contribution is 7.89. The lowest BCUT2D eigenvalue weighted by Crippen LogP contribution is -2.29. The number of aromatic nitrogens is 2. The van der Waals surface area contributed by atoms with E-state index in [1.165, 1.54) is 12.4 Å². The molecule has 0 saturated heterocycles. The molecule has 1 aromatic carbocycles. The van der Waals surface area contributed by atoms with Crippen molar-refractivity contribution in [2.45, 2.75) is 6.54 Å². The highest BCUT2D eigenvalue weighted by Crippen LogP contribution is 2.05. The van der Waals surface area contributed by atoms with Crippen molar-refractivity contribution in [3.63, 3.8) is 0 Å². The second kappa shape index (κ2) is 7.49. The van der Waals surface area contributed by atoms with Crippen molar-refractivity contribution in [1.82, 2.24) is 14.7 Å². The van der Waals surface area contributed by atoms with Gasteiger partial charge in [0.25, 0.3) is 0 Å². The number of nitriles is 1. The molecule has 2 N–H and O–H groups in total. The maximum absolute atomic E-state index is 11.9. The number of sulfonamides is 1. The Labute approximate surface area is 129 Å². The van der Waals surface area contributed by atoms with Crippen LogP contribution in [-0.2, 0) is 16.6 Å². The number of hydrogen-bond acceptors (Lipinski definition) is 6. The summed E-state index contributed by atoms with van der Waals surface area (Å²) in [5, 5.41) is 11.7. The zero-order chi connectivity index (χ0) is 15.8. The van der Waals surface area contributed by atoms with Crippen LogP contribution in [0.5, 0.6) is 0 Å². The van der Waals surface area contributed by atoms with Crippen LogP contribution in [0.4, 0.5) is 5.82 Å². The molecule has 0 saturated carbocycles. The van der Waals surface area contributed by atoms with Crippen LogP contribution >= 0.6 is 0 Å². The van der Waals surface area contributed by atoms with Crippen molar-refractivity contribution in [1.29, 1.82) is 5.26 Å². The van der Waals surface area contributed by atoms with E-state index in [2.05, 4.69) is 20.0 Å². The summed E-state index contributed by atoms with van der Waals surface area (Å²) in [5.41, 5.74) is 1.02. The van der Waals surface area contributed by atoms with Gasteiger partial charge in [0.15, 0.2) is 11.5 Å². The van der Waals surface area contributed by atoms with E-state index >= 15 is 0 Å². The predicted molar refractivity (Wildman–Crippen MR) is 82.3 cm³/mol. The van der Waals surface area contributed by atoms with E-state index in [0.717, 1.165) is 5.56 Å². The van der Waals surface area contributed by atoms with Crippen LogP contribution in [0.3, 0.4) is 0 Å². The number of nitrogens with one attached hydrogen (secondary N) is 2. The fourth-order valence-electron chi connectivity index (χ4n) is 1.71. The van der Waals surface area contributed by atoms with Crippen LogP contribution in [0.2, 0.25) is 0 Å². The van der Waals surface area contributed by atoms with Gasteiger partial charge in [-0.25, -0.2) is 23.1 Å². The summed E-state index contributed by atoms with van der Waals surface area (Å²) in [4.78, 5) is 7.79. The maximum atomic E-state index is 11.9. The Balaban J connectivity index is 1.84. The first-order chi connectivity index (χ1) is 10.6. The SMILES string of the molecule is N#Cc1nccnc1NCCS(=O)(=O)NCc1ccccc1. The minimum atomic E-state index is -3.41. The third-order valence-electron chi connectivity index (χ3n) is 2.81. The molecule has 0 fully saturated rings. The molecule has 8 heteroatoms. The number of benzene rings is 1. The molecule has 2 rings (SSSR count). The van der Waals surface area contributed by atoms with E-state index < -0.39 is 10.0 Å². The van der Waals surface area contributed by atoms with Gasteiger partial charge in [0.1, 0.15) is 6.07 Å². The molecule has 1 aromatic heterocycles. The van der Waals surface area contributed by atoms with Crippen LogP contribution < -0.4 is 10.0 Å². The van der Waals surface area contributed by atoms with Gasteiger partial charge in [-0.2, -0.15) is 5.26 Å². The molecule has 0 radical (unpaired) electrons. The minimum Gasteiger partial charge on any atom is -0.367 e. The maximum Gasteiger partial charge on any atom is 0.213 e. The average molecular weight is 317 g/mol. The van der Waals surface area contributed by atoms with Crippen molar-refractivity contribution in [2.24, 2.45) is 0 Å². The largest absolute Gasteiger partial charge is 0.367 e. The molecule has 0 bridgehead atoms. The fraction of sp³-hybridized carbons (Fsp3) is 0.214. The van der Waals surface area contributed by atoms with Gasteiger partial charge in [0.2, 0.25) is 10.0 Å². The molecule has 0 aliphatic carbocycles. The second-order valence-electron chi connectivity index (χ2n) is 4.42. The molecule has 0 unspecified atom stereocenters. The van der Waals surface area contributed by atoms with Gasteiger partial charge < -0.3 is 5.32 Å². The number of rotatable bonds is 7. The first-order valence-corrected chi connectivity index (χ1v) is 8.22. The summed E-state index contributed by atoms with van der Waals surface area (Å²) < 4.78 is 26.3. The summed E-state index contributed by atoms with van der Waals surface area (Å²) in [6.07, 6.45) is 2.84. The van der Waals surface area contributed by atoms with Crippen molar-refractivity contribution >= 4 is 15.8 Å². The third kappa shape index (κ3) is 4.80. The molecule has 0 spiro atoms. The van der Waals surface area contributed by atoms with Gasteiger partial charge in [-0.05, 0) is 5.56 Å². The monoisotopic (exact) mass is 317 g/mol. The van der Waals surface area contributed by atoms with Crippen LogP contribution in [0.1, 0.15) is 11.3 Å². The van der Waals surface area contributed by atoms with Crippen LogP contribution in [0.25, 0.3) is 0 Å². The quantitative estimate of drug-likeness (QED) is 0.785. The Kier molecular flexibility index (Phi) is 5.41. The first-order valence-electron chi connectivity index (χ1n) is 6.57. The second-order valence-corrected chi connectivity index (χ2v) is 6.34. The van der Waals surface area contributed by atoms with E-state index in [1.54, 1.807) is 0 Å². The van der Waals surface area contributed by atoms with Gasteiger partial charge in [-0.1, -0.05) is 30.3 Å². The Bertz CT molecular complexity index is 756. The van der Waals surface area contributed by atoms with Crippen molar-refractivity contribution < 1.29 is 8.42 Å². The van der Waals surface area contributed by atoms with Crippen LogP contribution in [0, 0.1) is 11.3 Å². The zero-order valence-electron chi connectivity index (χ0n) is 11.7. The molecule has 0 aliphatic heterocycles. The van der Waals surface area contributed by atoms with Gasteiger partial charge in [0.05, 0.1) is 5.75 Å². The topological polar surface area (TPSA) is 108 Å². The van der Waals surface area contributed by atoms with Gasteiger partial charge in [-0.3, -0.25) is 0 Å². The molecule has 2 aromatic rings. The van der Waals surface area contributed by atoms with E-state index in [4.69, 9.17) is 5.26 Å². The summed E-state index contributed by atoms with van der Waals surface area (Å²) >= 11 is 0. The molecule has 0 amide bonds. The lowest BCUT2D eigenvalue weighted by atomic mass is 10.2. The van der Waals surface area contributed by atoms with Crippen LogP contribution in [0.15, 0.2) is 42.7 Å². The first kappa shape index (κ1) is 15.9. The van der Waals surface area contributed by atoms with Crippen molar-refractivity contribution in [3.8, 4) is 6.07 Å². The summed E-state index contributed by atoms with van der Waals surface area (Å²) in [6, 6.07) is 11.2. The summed E-state index contributed by atoms with van der Waals surface area (Å²) in [5.74, 6) is 0.157. The van der Waals surface area contributed by atoms with Crippen molar-refractivity contribution in [2.75, 3.05) is 17.6 Å². The fourth-order valence-corrected chi connectivity index (χ4v) is 2.62. The smallest absolute Gasteiger partial charge is 0.213 e. The number of hydrogen-bond donors (Lipinski definition) is 2. The molecule has 22 heavy (non-hydrogen) atoms. The highest BCUT2D eigenvalue weighted by Gasteiger charge is 2.11.